The summed E-state index contributed by atoms with van der Waals surface area (Å²) in [7, 11) is -1.18. The maximum absolute atomic E-state index is 12.2. The molecule has 0 spiro atoms. The lowest BCUT2D eigenvalue weighted by Gasteiger charge is -2.27. The summed E-state index contributed by atoms with van der Waals surface area (Å²) >= 11 is 1.67. The number of rotatable bonds is 6. The summed E-state index contributed by atoms with van der Waals surface area (Å²) in [6, 6.07) is 9.25. The first kappa shape index (κ1) is 24.3. The fourth-order valence-corrected chi connectivity index (χ4v) is 6.48. The van der Waals surface area contributed by atoms with Gasteiger partial charge in [0.25, 0.3) is 0 Å². The molecule has 0 bridgehead atoms. The molecule has 1 N–H and O–H groups in total. The number of hydrogen-bond donors (Lipinski definition) is 1. The third-order valence-electron chi connectivity index (χ3n) is 6.69. The second-order valence-electron chi connectivity index (χ2n) is 9.40. The summed E-state index contributed by atoms with van der Waals surface area (Å²) in [4.78, 5) is 18.0. The minimum absolute atomic E-state index is 0.291. The predicted molar refractivity (Wildman–Crippen MR) is 139 cm³/mol. The number of hydrogen-bond acceptors (Lipinski definition) is 9. The van der Waals surface area contributed by atoms with E-state index in [4.69, 9.17) is 14.7 Å². The van der Waals surface area contributed by atoms with Crippen molar-refractivity contribution in [3.05, 3.63) is 41.5 Å². The fraction of sp³-hybridized carbons (Fsp3) is 0.480. The Balaban J connectivity index is 1.54. The number of thiazole rings is 1. The van der Waals surface area contributed by atoms with Gasteiger partial charge in [0.1, 0.15) is 0 Å². The number of likely N-dealkylation sites (tertiary alicyclic amines) is 1. The SMILES string of the molecule is CN1CCC(c2nc(-c3cccc(S(C)(=O)=O)c3)c(-c3ccnc(NC4CCOCC4)n3)s2)CC1. The molecule has 0 aliphatic carbocycles. The summed E-state index contributed by atoms with van der Waals surface area (Å²) in [5.41, 5.74) is 2.37. The lowest BCUT2D eigenvalue weighted by molar-refractivity contribution is 0.0903. The van der Waals surface area contributed by atoms with Crippen LogP contribution in [0.1, 0.15) is 36.6 Å². The van der Waals surface area contributed by atoms with Crippen molar-refractivity contribution in [2.75, 3.05) is 44.9 Å². The van der Waals surface area contributed by atoms with Gasteiger partial charge in [0.05, 0.1) is 26.2 Å². The number of benzene rings is 1. The van der Waals surface area contributed by atoms with Crippen LogP contribution in [-0.2, 0) is 14.6 Å². The molecule has 0 atom stereocenters. The van der Waals surface area contributed by atoms with Gasteiger partial charge in [-0.1, -0.05) is 12.1 Å². The highest BCUT2D eigenvalue weighted by molar-refractivity contribution is 7.90. The summed E-state index contributed by atoms with van der Waals surface area (Å²) < 4.78 is 29.9. The van der Waals surface area contributed by atoms with E-state index in [-0.39, 0.29) is 0 Å². The summed E-state index contributed by atoms with van der Waals surface area (Å²) in [6.45, 7) is 3.58. The number of nitrogens with one attached hydrogen (secondary N) is 1. The maximum atomic E-state index is 12.2. The van der Waals surface area contributed by atoms with E-state index in [0.717, 1.165) is 78.8 Å². The Morgan fingerprint density at radius 2 is 1.86 bits per heavy atom. The molecule has 5 rings (SSSR count). The van der Waals surface area contributed by atoms with E-state index in [0.29, 0.717) is 22.8 Å². The van der Waals surface area contributed by atoms with Crippen molar-refractivity contribution in [1.29, 1.82) is 0 Å². The van der Waals surface area contributed by atoms with Crippen LogP contribution in [0.5, 0.6) is 0 Å². The number of ether oxygens (including phenoxy) is 1. The zero-order chi connectivity index (χ0) is 24.4. The van der Waals surface area contributed by atoms with Gasteiger partial charge in [-0.2, -0.15) is 0 Å². The van der Waals surface area contributed by atoms with Crippen LogP contribution < -0.4 is 5.32 Å². The van der Waals surface area contributed by atoms with Gasteiger partial charge in [-0.3, -0.25) is 0 Å². The van der Waals surface area contributed by atoms with Crippen LogP contribution in [0, 0.1) is 0 Å². The monoisotopic (exact) mass is 513 g/mol. The Bertz CT molecular complexity index is 1280. The topological polar surface area (TPSA) is 97.3 Å². The van der Waals surface area contributed by atoms with E-state index in [9.17, 15) is 8.42 Å². The third-order valence-corrected chi connectivity index (χ3v) is 9.04. The molecule has 35 heavy (non-hydrogen) atoms. The molecule has 0 saturated carbocycles. The Hall–Kier alpha value is -2.40. The van der Waals surface area contributed by atoms with Crippen molar-refractivity contribution in [1.82, 2.24) is 19.9 Å². The zero-order valence-electron chi connectivity index (χ0n) is 20.1. The van der Waals surface area contributed by atoms with Crippen LogP contribution in [0.25, 0.3) is 21.8 Å². The van der Waals surface area contributed by atoms with Crippen LogP contribution in [0.2, 0.25) is 0 Å². The predicted octanol–water partition coefficient (Wildman–Crippen LogP) is 4.07. The van der Waals surface area contributed by atoms with Gasteiger partial charge < -0.3 is 15.0 Å². The van der Waals surface area contributed by atoms with Crippen molar-refractivity contribution in [3.8, 4) is 21.8 Å². The molecule has 0 amide bonds. The highest BCUT2D eigenvalue weighted by Gasteiger charge is 2.25. The van der Waals surface area contributed by atoms with Crippen molar-refractivity contribution < 1.29 is 13.2 Å². The molecule has 4 heterocycles. The number of nitrogens with zero attached hydrogens (tertiary/aromatic N) is 4. The summed E-state index contributed by atoms with van der Waals surface area (Å²) in [5.74, 6) is 0.989. The Morgan fingerprint density at radius 1 is 1.09 bits per heavy atom. The molecule has 0 unspecified atom stereocenters. The van der Waals surface area contributed by atoms with E-state index < -0.39 is 9.84 Å². The second kappa shape index (κ2) is 10.3. The molecule has 2 aliphatic heterocycles. The summed E-state index contributed by atoms with van der Waals surface area (Å²) in [6.07, 6.45) is 6.99. The van der Waals surface area contributed by atoms with E-state index in [1.54, 1.807) is 35.7 Å². The third kappa shape index (κ3) is 5.72. The minimum atomic E-state index is -3.33. The molecule has 8 nitrogen and oxygen atoms in total. The van der Waals surface area contributed by atoms with Crippen molar-refractivity contribution in [2.45, 2.75) is 42.5 Å². The van der Waals surface area contributed by atoms with Crippen molar-refractivity contribution in [3.63, 3.8) is 0 Å². The molecule has 186 valence electrons. The summed E-state index contributed by atoms with van der Waals surface area (Å²) in [5, 5.41) is 4.54. The molecule has 3 aromatic rings. The van der Waals surface area contributed by atoms with E-state index >= 15 is 0 Å². The lowest BCUT2D eigenvalue weighted by atomic mass is 9.98. The van der Waals surface area contributed by atoms with E-state index in [2.05, 4.69) is 22.2 Å². The zero-order valence-corrected chi connectivity index (χ0v) is 21.7. The minimum Gasteiger partial charge on any atom is -0.381 e. The quantitative estimate of drug-likeness (QED) is 0.527. The van der Waals surface area contributed by atoms with Crippen LogP contribution in [-0.4, -0.2) is 73.9 Å². The normalized spacial score (nSPS) is 18.6. The van der Waals surface area contributed by atoms with E-state index in [1.165, 1.54) is 6.26 Å². The standard InChI is InChI=1S/C25H31N5O3S2/c1-30-12-7-17(8-13-30)24-29-22(18-4-3-5-20(16-18)35(2,31)32)23(34-24)21-6-11-26-25(28-21)27-19-9-14-33-15-10-19/h3-6,11,16-17,19H,7-10,12-15H2,1-2H3,(H,26,27,28). The average molecular weight is 514 g/mol. The lowest BCUT2D eigenvalue weighted by Crippen LogP contribution is -2.29. The van der Waals surface area contributed by atoms with Gasteiger partial charge >= 0.3 is 0 Å². The Kier molecular flexibility index (Phi) is 7.15. The first-order valence-corrected chi connectivity index (χ1v) is 14.7. The van der Waals surface area contributed by atoms with Crippen molar-refractivity contribution >= 4 is 27.1 Å². The highest BCUT2D eigenvalue weighted by atomic mass is 32.2. The largest absolute Gasteiger partial charge is 0.381 e. The molecule has 2 saturated heterocycles. The maximum Gasteiger partial charge on any atom is 0.223 e. The molecule has 1 aromatic carbocycles. The highest BCUT2D eigenvalue weighted by Crippen LogP contribution is 2.41. The molecule has 2 aliphatic rings. The molecule has 2 aromatic heterocycles. The Morgan fingerprint density at radius 3 is 2.60 bits per heavy atom. The fourth-order valence-electron chi connectivity index (χ4n) is 4.59. The van der Waals surface area contributed by atoms with Crippen LogP contribution in [0.3, 0.4) is 0 Å². The number of anilines is 1. The average Bonchev–Trinajstić information content (AvgIpc) is 3.31. The second-order valence-corrected chi connectivity index (χ2v) is 12.5. The van der Waals surface area contributed by atoms with Gasteiger partial charge in [0.15, 0.2) is 9.84 Å². The number of sulfone groups is 1. The Labute approximate surface area is 210 Å². The first-order valence-electron chi connectivity index (χ1n) is 12.0. The molecule has 2 fully saturated rings. The van der Waals surface area contributed by atoms with Crippen LogP contribution in [0.15, 0.2) is 41.4 Å². The van der Waals surface area contributed by atoms with Gasteiger partial charge in [0, 0.05) is 43.2 Å². The van der Waals surface area contributed by atoms with Gasteiger partial charge in [0.2, 0.25) is 5.95 Å². The van der Waals surface area contributed by atoms with Crippen LogP contribution >= 0.6 is 11.3 Å². The van der Waals surface area contributed by atoms with Crippen LogP contribution in [0.4, 0.5) is 5.95 Å². The number of piperidine rings is 1. The smallest absolute Gasteiger partial charge is 0.223 e. The van der Waals surface area contributed by atoms with Gasteiger partial charge in [-0.05, 0) is 64.0 Å². The van der Waals surface area contributed by atoms with E-state index in [1.807, 2.05) is 12.1 Å². The molecular weight excluding hydrogens is 482 g/mol. The van der Waals surface area contributed by atoms with Gasteiger partial charge in [-0.15, -0.1) is 11.3 Å². The number of aromatic nitrogens is 3. The van der Waals surface area contributed by atoms with Gasteiger partial charge in [-0.25, -0.2) is 23.4 Å². The molecular formula is C25H31N5O3S2. The molecule has 0 radical (unpaired) electrons. The first-order chi connectivity index (χ1) is 16.9. The van der Waals surface area contributed by atoms with Crippen molar-refractivity contribution in [2.24, 2.45) is 0 Å². The molecule has 10 heteroatoms.